The minimum Gasteiger partial charge on any atom is -0.497 e. The van der Waals surface area contributed by atoms with Gasteiger partial charge in [0.05, 0.1) is 19.2 Å². The number of aryl methyl sites for hydroxylation is 1. The Bertz CT molecular complexity index is 1030. The highest BCUT2D eigenvalue weighted by molar-refractivity contribution is 7.15. The fourth-order valence-corrected chi connectivity index (χ4v) is 5.60. The number of fused-ring (bicyclic) bond motifs is 1. The maximum atomic E-state index is 12.9. The van der Waals surface area contributed by atoms with Crippen LogP contribution in [0.25, 0.3) is 4.83 Å². The predicted octanol–water partition coefficient (Wildman–Crippen LogP) is 4.54. The number of thiazole rings is 1. The van der Waals surface area contributed by atoms with Gasteiger partial charge in [-0.1, -0.05) is 18.6 Å². The van der Waals surface area contributed by atoms with Crippen LogP contribution in [0.15, 0.2) is 29.6 Å². The van der Waals surface area contributed by atoms with Crippen molar-refractivity contribution >= 4 is 22.1 Å². The van der Waals surface area contributed by atoms with Gasteiger partial charge in [-0.05, 0) is 43.9 Å². The van der Waals surface area contributed by atoms with Crippen LogP contribution in [0.4, 0.5) is 0 Å². The van der Waals surface area contributed by atoms with Gasteiger partial charge in [-0.3, -0.25) is 9.20 Å². The molecule has 1 saturated heterocycles. The molecule has 2 fully saturated rings. The molecule has 1 unspecified atom stereocenters. The summed E-state index contributed by atoms with van der Waals surface area (Å²) in [4.78, 5) is 21.3. The van der Waals surface area contributed by atoms with E-state index in [2.05, 4.69) is 16.7 Å². The Morgan fingerprint density at radius 3 is 2.69 bits per heavy atom. The normalized spacial score (nSPS) is 19.7. The van der Waals surface area contributed by atoms with Crippen molar-refractivity contribution in [1.29, 1.82) is 0 Å². The molecule has 1 aromatic carbocycles. The molecule has 6 heteroatoms. The number of imidazole rings is 1. The fraction of sp³-hybridized carbons (Fsp3) is 0.478. The van der Waals surface area contributed by atoms with Gasteiger partial charge in [0.15, 0.2) is 0 Å². The zero-order valence-corrected chi connectivity index (χ0v) is 17.9. The second kappa shape index (κ2) is 7.48. The summed E-state index contributed by atoms with van der Waals surface area (Å²) in [6.45, 7) is 3.78. The smallest absolute Gasteiger partial charge is 0.227 e. The average Bonchev–Trinajstić information content (AvgIpc) is 3.39. The first kappa shape index (κ1) is 18.7. The van der Waals surface area contributed by atoms with E-state index in [1.165, 1.54) is 41.3 Å². The summed E-state index contributed by atoms with van der Waals surface area (Å²) in [6.07, 6.45) is 5.27. The molecule has 5 nitrogen and oxygen atoms in total. The van der Waals surface area contributed by atoms with Crippen molar-refractivity contribution in [3.05, 3.63) is 52.4 Å². The lowest BCUT2D eigenvalue weighted by Gasteiger charge is -2.24. The molecule has 3 heterocycles. The lowest BCUT2D eigenvalue weighted by molar-refractivity contribution is -0.129. The monoisotopic (exact) mass is 409 g/mol. The minimum absolute atomic E-state index is 0.203. The standard InChI is InChI=1S/C23H27N3O2S/c1-15-14-29-23-21(24-22(26(15)23)17-4-3-5-17)18-10-11-25(13-18)20(27)12-16-6-8-19(28-2)9-7-16/h6-9,14,17-18H,3-5,10-13H2,1-2H3. The van der Waals surface area contributed by atoms with Gasteiger partial charge in [-0.25, -0.2) is 4.98 Å². The van der Waals surface area contributed by atoms with E-state index < -0.39 is 0 Å². The lowest BCUT2D eigenvalue weighted by Crippen LogP contribution is -2.29. The Morgan fingerprint density at radius 1 is 1.21 bits per heavy atom. The number of hydrogen-bond donors (Lipinski definition) is 0. The zero-order valence-electron chi connectivity index (χ0n) is 17.1. The Hall–Kier alpha value is -2.34. The first-order valence-corrected chi connectivity index (χ1v) is 11.4. The molecule has 0 bridgehead atoms. The van der Waals surface area contributed by atoms with Crippen molar-refractivity contribution in [3.63, 3.8) is 0 Å². The maximum absolute atomic E-state index is 12.9. The third-order valence-electron chi connectivity index (χ3n) is 6.49. The number of methoxy groups -OCH3 is 1. The van der Waals surface area contributed by atoms with Crippen LogP contribution in [-0.4, -0.2) is 40.4 Å². The molecule has 2 aromatic heterocycles. The summed E-state index contributed by atoms with van der Waals surface area (Å²) >= 11 is 1.80. The molecule has 0 N–H and O–H groups in total. The van der Waals surface area contributed by atoms with Crippen molar-refractivity contribution in [2.24, 2.45) is 0 Å². The number of ether oxygens (including phenoxy) is 1. The summed E-state index contributed by atoms with van der Waals surface area (Å²) in [5.74, 6) is 3.23. The number of nitrogens with zero attached hydrogens (tertiary/aromatic N) is 3. The maximum Gasteiger partial charge on any atom is 0.227 e. The summed E-state index contributed by atoms with van der Waals surface area (Å²) in [5, 5.41) is 2.24. The van der Waals surface area contributed by atoms with E-state index in [-0.39, 0.29) is 5.91 Å². The average molecular weight is 410 g/mol. The van der Waals surface area contributed by atoms with Crippen molar-refractivity contribution < 1.29 is 9.53 Å². The Kier molecular flexibility index (Phi) is 4.82. The molecule has 1 atom stereocenters. The number of amides is 1. The Labute approximate surface area is 175 Å². The van der Waals surface area contributed by atoms with Crippen LogP contribution < -0.4 is 4.74 Å². The van der Waals surface area contributed by atoms with Crippen LogP contribution in [0.3, 0.4) is 0 Å². The van der Waals surface area contributed by atoms with Gasteiger partial charge in [0.2, 0.25) is 5.91 Å². The van der Waals surface area contributed by atoms with Crippen LogP contribution in [-0.2, 0) is 11.2 Å². The topological polar surface area (TPSA) is 46.8 Å². The molecule has 5 rings (SSSR count). The van der Waals surface area contributed by atoms with Crippen LogP contribution in [0.2, 0.25) is 0 Å². The SMILES string of the molecule is COc1ccc(CC(=O)N2CCC(c3nc(C4CCC4)n4c(C)csc34)C2)cc1. The zero-order chi connectivity index (χ0) is 20.0. The third kappa shape index (κ3) is 3.33. The van der Waals surface area contributed by atoms with Crippen LogP contribution in [0, 0.1) is 6.92 Å². The molecule has 1 saturated carbocycles. The number of hydrogen-bond acceptors (Lipinski definition) is 4. The van der Waals surface area contributed by atoms with E-state index in [0.717, 1.165) is 30.8 Å². The molecule has 152 valence electrons. The number of likely N-dealkylation sites (tertiary alicyclic amines) is 1. The van der Waals surface area contributed by atoms with Gasteiger partial charge in [0, 0.05) is 36.0 Å². The molecule has 0 spiro atoms. The van der Waals surface area contributed by atoms with Crippen molar-refractivity contribution in [2.75, 3.05) is 20.2 Å². The molecule has 3 aromatic rings. The molecule has 1 amide bonds. The van der Waals surface area contributed by atoms with Crippen molar-refractivity contribution in [2.45, 2.75) is 50.9 Å². The van der Waals surface area contributed by atoms with Crippen molar-refractivity contribution in [1.82, 2.24) is 14.3 Å². The van der Waals surface area contributed by atoms with Crippen LogP contribution in [0.5, 0.6) is 5.75 Å². The highest BCUT2D eigenvalue weighted by Gasteiger charge is 2.33. The number of benzene rings is 1. The molecule has 1 aliphatic carbocycles. The van der Waals surface area contributed by atoms with E-state index >= 15 is 0 Å². The quantitative estimate of drug-likeness (QED) is 0.622. The summed E-state index contributed by atoms with van der Waals surface area (Å²) < 4.78 is 7.58. The van der Waals surface area contributed by atoms with Gasteiger partial charge in [0.25, 0.3) is 0 Å². The first-order valence-electron chi connectivity index (χ1n) is 10.5. The van der Waals surface area contributed by atoms with E-state index in [1.54, 1.807) is 18.4 Å². The molecular weight excluding hydrogens is 382 g/mol. The summed E-state index contributed by atoms with van der Waals surface area (Å²) in [5.41, 5.74) is 3.53. The second-order valence-corrected chi connectivity index (χ2v) is 9.21. The Morgan fingerprint density at radius 2 is 2.00 bits per heavy atom. The highest BCUT2D eigenvalue weighted by Crippen LogP contribution is 2.41. The fourth-order valence-electron chi connectivity index (χ4n) is 4.53. The van der Waals surface area contributed by atoms with Crippen LogP contribution in [0.1, 0.15) is 60.3 Å². The second-order valence-electron chi connectivity index (χ2n) is 8.35. The van der Waals surface area contributed by atoms with E-state index in [4.69, 9.17) is 9.72 Å². The van der Waals surface area contributed by atoms with Gasteiger partial charge >= 0.3 is 0 Å². The van der Waals surface area contributed by atoms with Crippen molar-refractivity contribution in [3.8, 4) is 5.75 Å². The molecular formula is C23H27N3O2S. The summed E-state index contributed by atoms with van der Waals surface area (Å²) in [7, 11) is 1.66. The number of aromatic nitrogens is 2. The number of carbonyl (C=O) groups is 1. The van der Waals surface area contributed by atoms with E-state index in [9.17, 15) is 4.79 Å². The largest absolute Gasteiger partial charge is 0.497 e. The molecule has 2 aliphatic rings. The lowest BCUT2D eigenvalue weighted by atomic mass is 9.85. The number of carbonyl (C=O) groups excluding carboxylic acids is 1. The Balaban J connectivity index is 1.32. The third-order valence-corrected chi connectivity index (χ3v) is 7.57. The van der Waals surface area contributed by atoms with Crippen LogP contribution >= 0.6 is 11.3 Å². The number of rotatable bonds is 5. The predicted molar refractivity (Wildman–Crippen MR) is 115 cm³/mol. The van der Waals surface area contributed by atoms with Gasteiger partial charge in [-0.2, -0.15) is 0 Å². The summed E-state index contributed by atoms with van der Waals surface area (Å²) in [6, 6.07) is 7.78. The highest BCUT2D eigenvalue weighted by atomic mass is 32.1. The van der Waals surface area contributed by atoms with Gasteiger partial charge < -0.3 is 9.64 Å². The van der Waals surface area contributed by atoms with E-state index in [0.29, 0.717) is 18.3 Å². The van der Waals surface area contributed by atoms with Gasteiger partial charge in [0.1, 0.15) is 16.4 Å². The minimum atomic E-state index is 0.203. The molecule has 1 aliphatic heterocycles. The van der Waals surface area contributed by atoms with E-state index in [1.807, 2.05) is 29.2 Å². The molecule has 29 heavy (non-hydrogen) atoms. The first-order chi connectivity index (χ1) is 14.1. The van der Waals surface area contributed by atoms with Gasteiger partial charge in [-0.15, -0.1) is 11.3 Å². The molecule has 0 radical (unpaired) electrons.